The molecule has 0 N–H and O–H groups in total. The maximum absolute atomic E-state index is 5.99. The molecule has 110 valence electrons. The molecule has 1 saturated heterocycles. The summed E-state index contributed by atoms with van der Waals surface area (Å²) in [5, 5.41) is 0.263. The van der Waals surface area contributed by atoms with E-state index in [0.717, 1.165) is 32.1 Å². The molecule has 1 aromatic heterocycles. The molecule has 0 radical (unpaired) electrons. The molecule has 7 heteroatoms. The third-order valence-corrected chi connectivity index (χ3v) is 4.02. The summed E-state index contributed by atoms with van der Waals surface area (Å²) in [6.07, 6.45) is 2.82. The van der Waals surface area contributed by atoms with Crippen LogP contribution < -0.4 is 9.80 Å². The van der Waals surface area contributed by atoms with Crippen molar-refractivity contribution in [1.82, 2.24) is 19.9 Å². The molecule has 0 amide bonds. The average molecular weight is 297 g/mol. The number of piperazine rings is 1. The Hall–Kier alpha value is -1.14. The second-order valence-corrected chi connectivity index (χ2v) is 6.17. The van der Waals surface area contributed by atoms with E-state index in [4.69, 9.17) is 11.6 Å². The predicted molar refractivity (Wildman–Crippen MR) is 80.5 cm³/mol. The molecule has 0 aromatic carbocycles. The van der Waals surface area contributed by atoms with Crippen LogP contribution in [0.5, 0.6) is 0 Å². The van der Waals surface area contributed by atoms with E-state index in [0.29, 0.717) is 11.9 Å². The predicted octanol–water partition coefficient (Wildman–Crippen LogP) is 1.12. The lowest BCUT2D eigenvalue weighted by molar-refractivity contribution is 0.247. The lowest BCUT2D eigenvalue weighted by atomic mass is 10.3. The molecular formula is C13H21ClN6. The van der Waals surface area contributed by atoms with Gasteiger partial charge < -0.3 is 9.80 Å². The Labute approximate surface area is 124 Å². The van der Waals surface area contributed by atoms with E-state index in [1.807, 2.05) is 19.0 Å². The van der Waals surface area contributed by atoms with Crippen molar-refractivity contribution in [2.45, 2.75) is 12.8 Å². The van der Waals surface area contributed by atoms with Crippen molar-refractivity contribution < 1.29 is 0 Å². The maximum atomic E-state index is 5.99. The number of anilines is 2. The Morgan fingerprint density at radius 2 is 1.80 bits per heavy atom. The first kappa shape index (κ1) is 13.8. The van der Waals surface area contributed by atoms with Crippen molar-refractivity contribution in [2.75, 3.05) is 56.6 Å². The van der Waals surface area contributed by atoms with Crippen LogP contribution in [-0.2, 0) is 0 Å². The fourth-order valence-corrected chi connectivity index (χ4v) is 2.62. The fraction of sp³-hybridized carbons (Fsp3) is 0.769. The Bertz CT molecular complexity index is 468. The summed E-state index contributed by atoms with van der Waals surface area (Å²) < 4.78 is 0. The quantitative estimate of drug-likeness (QED) is 0.830. The molecule has 1 aliphatic carbocycles. The van der Waals surface area contributed by atoms with Gasteiger partial charge >= 0.3 is 0 Å². The van der Waals surface area contributed by atoms with Gasteiger partial charge in [-0.1, -0.05) is 0 Å². The van der Waals surface area contributed by atoms with Gasteiger partial charge in [-0.2, -0.15) is 15.0 Å². The molecule has 2 aliphatic rings. The van der Waals surface area contributed by atoms with Gasteiger partial charge in [0.2, 0.25) is 17.2 Å². The summed E-state index contributed by atoms with van der Waals surface area (Å²) in [4.78, 5) is 19.5. The molecule has 0 bridgehead atoms. The van der Waals surface area contributed by atoms with Crippen LogP contribution in [0.2, 0.25) is 5.28 Å². The summed E-state index contributed by atoms with van der Waals surface area (Å²) in [6.45, 7) is 5.34. The Morgan fingerprint density at radius 3 is 2.40 bits per heavy atom. The highest BCUT2D eigenvalue weighted by Crippen LogP contribution is 2.30. The van der Waals surface area contributed by atoms with Crippen molar-refractivity contribution in [3.05, 3.63) is 5.28 Å². The summed E-state index contributed by atoms with van der Waals surface area (Å²) in [5.74, 6) is 2.26. The van der Waals surface area contributed by atoms with Gasteiger partial charge in [0.05, 0.1) is 0 Å². The molecule has 1 aliphatic heterocycles. The van der Waals surface area contributed by atoms with Crippen molar-refractivity contribution >= 4 is 23.5 Å². The largest absolute Gasteiger partial charge is 0.347 e. The molecule has 3 rings (SSSR count). The third-order valence-electron chi connectivity index (χ3n) is 3.85. The molecule has 0 spiro atoms. The number of rotatable bonds is 4. The van der Waals surface area contributed by atoms with Crippen molar-refractivity contribution in [1.29, 1.82) is 0 Å². The van der Waals surface area contributed by atoms with Gasteiger partial charge in [-0.25, -0.2) is 0 Å². The van der Waals surface area contributed by atoms with E-state index >= 15 is 0 Å². The van der Waals surface area contributed by atoms with E-state index < -0.39 is 0 Å². The molecule has 2 heterocycles. The molecule has 1 aromatic rings. The van der Waals surface area contributed by atoms with E-state index in [9.17, 15) is 0 Å². The average Bonchev–Trinajstić information content (AvgIpc) is 3.23. The highest BCUT2D eigenvalue weighted by atomic mass is 35.5. The van der Waals surface area contributed by atoms with Gasteiger partial charge in [0.1, 0.15) is 0 Å². The minimum atomic E-state index is 0.263. The first-order valence-electron chi connectivity index (χ1n) is 7.18. The van der Waals surface area contributed by atoms with Gasteiger partial charge in [-0.15, -0.1) is 0 Å². The highest BCUT2D eigenvalue weighted by molar-refractivity contribution is 6.28. The Kier molecular flexibility index (Phi) is 3.94. The number of aromatic nitrogens is 3. The van der Waals surface area contributed by atoms with Crippen molar-refractivity contribution in [3.8, 4) is 0 Å². The molecule has 2 fully saturated rings. The molecular weight excluding hydrogens is 276 g/mol. The van der Waals surface area contributed by atoms with E-state index in [1.165, 1.54) is 19.4 Å². The van der Waals surface area contributed by atoms with Crippen molar-refractivity contribution in [3.63, 3.8) is 0 Å². The van der Waals surface area contributed by atoms with Crippen LogP contribution in [0.25, 0.3) is 0 Å². The minimum absolute atomic E-state index is 0.263. The first-order valence-corrected chi connectivity index (χ1v) is 7.56. The highest BCUT2D eigenvalue weighted by Gasteiger charge is 2.27. The number of nitrogens with zero attached hydrogens (tertiary/aromatic N) is 6. The zero-order valence-corrected chi connectivity index (χ0v) is 12.8. The summed E-state index contributed by atoms with van der Waals surface area (Å²) in [5.41, 5.74) is 0. The summed E-state index contributed by atoms with van der Waals surface area (Å²) in [6, 6.07) is 0. The zero-order valence-electron chi connectivity index (χ0n) is 12.1. The molecule has 20 heavy (non-hydrogen) atoms. The van der Waals surface area contributed by atoms with Gasteiger partial charge in [0.25, 0.3) is 0 Å². The van der Waals surface area contributed by atoms with Gasteiger partial charge in [-0.3, -0.25) is 4.90 Å². The minimum Gasteiger partial charge on any atom is -0.347 e. The first-order chi connectivity index (χ1) is 9.61. The van der Waals surface area contributed by atoms with Crippen LogP contribution >= 0.6 is 11.6 Å². The SMILES string of the molecule is CN(C)c1nc(Cl)nc(N2CCN(CC3CC3)CC2)n1. The number of hydrogen-bond donors (Lipinski definition) is 0. The zero-order chi connectivity index (χ0) is 14.1. The van der Waals surface area contributed by atoms with Gasteiger partial charge in [0, 0.05) is 46.8 Å². The maximum Gasteiger partial charge on any atom is 0.231 e. The Balaban J connectivity index is 1.64. The third kappa shape index (κ3) is 3.30. The van der Waals surface area contributed by atoms with Crippen LogP contribution in [0, 0.1) is 5.92 Å². The van der Waals surface area contributed by atoms with Crippen LogP contribution in [0.3, 0.4) is 0 Å². The molecule has 6 nitrogen and oxygen atoms in total. The topological polar surface area (TPSA) is 48.4 Å². The van der Waals surface area contributed by atoms with E-state index in [-0.39, 0.29) is 5.28 Å². The molecule has 0 unspecified atom stereocenters. The normalized spacial score (nSPS) is 20.2. The second kappa shape index (κ2) is 5.69. The summed E-state index contributed by atoms with van der Waals surface area (Å²) >= 11 is 5.99. The van der Waals surface area contributed by atoms with Crippen LogP contribution in [0.15, 0.2) is 0 Å². The Morgan fingerprint density at radius 1 is 1.10 bits per heavy atom. The van der Waals surface area contributed by atoms with Gasteiger partial charge in [-0.05, 0) is 30.4 Å². The molecule has 0 atom stereocenters. The monoisotopic (exact) mass is 296 g/mol. The fourth-order valence-electron chi connectivity index (χ4n) is 2.47. The van der Waals surface area contributed by atoms with E-state index in [2.05, 4.69) is 24.8 Å². The van der Waals surface area contributed by atoms with Crippen LogP contribution in [-0.4, -0.2) is 66.7 Å². The van der Waals surface area contributed by atoms with E-state index in [1.54, 1.807) is 0 Å². The smallest absolute Gasteiger partial charge is 0.231 e. The standard InChI is InChI=1S/C13H21ClN6/c1-18(2)12-15-11(14)16-13(17-12)20-7-5-19(6-8-20)9-10-3-4-10/h10H,3-9H2,1-2H3. The number of halogens is 1. The number of hydrogen-bond acceptors (Lipinski definition) is 6. The van der Waals surface area contributed by atoms with Crippen LogP contribution in [0.4, 0.5) is 11.9 Å². The lowest BCUT2D eigenvalue weighted by Gasteiger charge is -2.34. The van der Waals surface area contributed by atoms with Crippen molar-refractivity contribution in [2.24, 2.45) is 5.92 Å². The molecule has 1 saturated carbocycles. The second-order valence-electron chi connectivity index (χ2n) is 5.83. The van der Waals surface area contributed by atoms with Crippen LogP contribution in [0.1, 0.15) is 12.8 Å². The lowest BCUT2D eigenvalue weighted by Crippen LogP contribution is -2.47. The van der Waals surface area contributed by atoms with Gasteiger partial charge in [0.15, 0.2) is 0 Å². The summed E-state index contributed by atoms with van der Waals surface area (Å²) in [7, 11) is 3.81.